The highest BCUT2D eigenvalue weighted by molar-refractivity contribution is 5.94. The van der Waals surface area contributed by atoms with E-state index in [4.69, 9.17) is 4.74 Å². The zero-order valence-electron chi connectivity index (χ0n) is 13.2. The molecule has 0 saturated carbocycles. The van der Waals surface area contributed by atoms with Crippen molar-refractivity contribution in [3.05, 3.63) is 42.1 Å². The molecule has 5 heteroatoms. The summed E-state index contributed by atoms with van der Waals surface area (Å²) in [5, 5.41) is 0. The molecule has 0 unspecified atom stereocenters. The Balaban J connectivity index is 2.30. The summed E-state index contributed by atoms with van der Waals surface area (Å²) < 4.78 is 5.26. The number of benzene rings is 1. The number of unbranched alkanes of at least 4 members (excludes halogenated alkanes) is 1. The largest absolute Gasteiger partial charge is 0.462 e. The van der Waals surface area contributed by atoms with Gasteiger partial charge < -0.3 is 9.64 Å². The number of nitrogens with zero attached hydrogens (tertiary/aromatic N) is 3. The molecule has 0 saturated heterocycles. The number of aromatic nitrogens is 2. The number of esters is 1. The Morgan fingerprint density at radius 3 is 2.59 bits per heavy atom. The van der Waals surface area contributed by atoms with Gasteiger partial charge in [-0.15, -0.1) is 0 Å². The zero-order valence-corrected chi connectivity index (χ0v) is 13.2. The van der Waals surface area contributed by atoms with Crippen LogP contribution in [0.25, 0.3) is 11.4 Å². The van der Waals surface area contributed by atoms with Gasteiger partial charge in [0.1, 0.15) is 11.4 Å². The van der Waals surface area contributed by atoms with Gasteiger partial charge in [-0.05, 0) is 6.42 Å². The monoisotopic (exact) mass is 299 g/mol. The number of rotatable bonds is 6. The molecular formula is C17H21N3O2. The summed E-state index contributed by atoms with van der Waals surface area (Å²) in [5.74, 6) is 0.779. The van der Waals surface area contributed by atoms with Crippen molar-refractivity contribution in [3.63, 3.8) is 0 Å². The number of ether oxygens (including phenoxy) is 1. The van der Waals surface area contributed by atoms with Crippen LogP contribution in [0.1, 0.15) is 30.1 Å². The molecule has 1 aromatic heterocycles. The SMILES string of the molecule is CCCCOC(=O)c1cnc(-c2ccccc2)nc1N(C)C. The molecule has 5 nitrogen and oxygen atoms in total. The van der Waals surface area contributed by atoms with Gasteiger partial charge in [0, 0.05) is 25.9 Å². The lowest BCUT2D eigenvalue weighted by Gasteiger charge is -2.16. The first-order chi connectivity index (χ1) is 10.6. The maximum Gasteiger partial charge on any atom is 0.343 e. The first kappa shape index (κ1) is 15.9. The highest BCUT2D eigenvalue weighted by Gasteiger charge is 2.18. The van der Waals surface area contributed by atoms with Gasteiger partial charge in [0.15, 0.2) is 5.82 Å². The molecular weight excluding hydrogens is 278 g/mol. The van der Waals surface area contributed by atoms with E-state index in [0.29, 0.717) is 23.8 Å². The first-order valence-corrected chi connectivity index (χ1v) is 7.40. The molecule has 2 rings (SSSR count). The van der Waals surface area contributed by atoms with Gasteiger partial charge in [0.2, 0.25) is 0 Å². The van der Waals surface area contributed by atoms with Crippen molar-refractivity contribution < 1.29 is 9.53 Å². The predicted molar refractivity (Wildman–Crippen MR) is 87.0 cm³/mol. The van der Waals surface area contributed by atoms with Crippen LogP contribution in [0.3, 0.4) is 0 Å². The average Bonchev–Trinajstić information content (AvgIpc) is 2.55. The standard InChI is InChI=1S/C17H21N3O2/c1-4-5-11-22-17(21)14-12-18-15(19-16(14)20(2)3)13-9-7-6-8-10-13/h6-10,12H,4-5,11H2,1-3H3. The molecule has 0 atom stereocenters. The normalized spacial score (nSPS) is 10.3. The second-order valence-corrected chi connectivity index (χ2v) is 5.18. The van der Waals surface area contributed by atoms with Gasteiger partial charge in [0.05, 0.1) is 6.61 Å². The van der Waals surface area contributed by atoms with Crippen molar-refractivity contribution in [2.45, 2.75) is 19.8 Å². The summed E-state index contributed by atoms with van der Waals surface area (Å²) in [4.78, 5) is 22.8. The lowest BCUT2D eigenvalue weighted by molar-refractivity contribution is 0.0499. The van der Waals surface area contributed by atoms with E-state index in [1.54, 1.807) is 11.1 Å². The highest BCUT2D eigenvalue weighted by Crippen LogP contribution is 2.21. The van der Waals surface area contributed by atoms with E-state index in [0.717, 1.165) is 18.4 Å². The van der Waals surface area contributed by atoms with Crippen LogP contribution in [-0.4, -0.2) is 36.6 Å². The summed E-state index contributed by atoms with van der Waals surface area (Å²) in [5.41, 5.74) is 1.30. The van der Waals surface area contributed by atoms with Gasteiger partial charge >= 0.3 is 5.97 Å². The maximum atomic E-state index is 12.2. The fourth-order valence-corrected chi connectivity index (χ4v) is 1.97. The molecule has 0 aliphatic heterocycles. The predicted octanol–water partition coefficient (Wildman–Crippen LogP) is 3.17. The maximum absolute atomic E-state index is 12.2. The lowest BCUT2D eigenvalue weighted by atomic mass is 10.2. The Morgan fingerprint density at radius 1 is 1.23 bits per heavy atom. The first-order valence-electron chi connectivity index (χ1n) is 7.40. The second-order valence-electron chi connectivity index (χ2n) is 5.18. The molecule has 0 amide bonds. The molecule has 0 fully saturated rings. The summed E-state index contributed by atoms with van der Waals surface area (Å²) in [6.45, 7) is 2.47. The Hall–Kier alpha value is -2.43. The minimum Gasteiger partial charge on any atom is -0.462 e. The average molecular weight is 299 g/mol. The van der Waals surface area contributed by atoms with Gasteiger partial charge in [0.25, 0.3) is 0 Å². The van der Waals surface area contributed by atoms with Crippen molar-refractivity contribution in [1.29, 1.82) is 0 Å². The van der Waals surface area contributed by atoms with E-state index < -0.39 is 0 Å². The van der Waals surface area contributed by atoms with Crippen LogP contribution >= 0.6 is 0 Å². The fourth-order valence-electron chi connectivity index (χ4n) is 1.97. The van der Waals surface area contributed by atoms with Crippen LogP contribution in [0.2, 0.25) is 0 Å². The molecule has 0 bridgehead atoms. The van der Waals surface area contributed by atoms with Crippen molar-refractivity contribution in [2.24, 2.45) is 0 Å². The Morgan fingerprint density at radius 2 is 1.95 bits per heavy atom. The van der Waals surface area contributed by atoms with Crippen LogP contribution < -0.4 is 4.90 Å². The minimum absolute atomic E-state index is 0.378. The van der Waals surface area contributed by atoms with Crippen LogP contribution in [-0.2, 0) is 4.74 Å². The minimum atomic E-state index is -0.378. The number of carbonyl (C=O) groups excluding carboxylic acids is 1. The van der Waals surface area contributed by atoms with Gasteiger partial charge in [-0.1, -0.05) is 43.7 Å². The smallest absolute Gasteiger partial charge is 0.343 e. The molecule has 2 aromatic rings. The third-order valence-corrected chi connectivity index (χ3v) is 3.18. The molecule has 1 aromatic carbocycles. The topological polar surface area (TPSA) is 55.3 Å². The quantitative estimate of drug-likeness (QED) is 0.606. The van der Waals surface area contributed by atoms with E-state index >= 15 is 0 Å². The summed E-state index contributed by atoms with van der Waals surface area (Å²) in [6, 6.07) is 9.68. The van der Waals surface area contributed by atoms with Crippen LogP contribution in [0.4, 0.5) is 5.82 Å². The van der Waals surface area contributed by atoms with E-state index in [1.165, 1.54) is 0 Å². The Bertz CT molecular complexity index is 627. The van der Waals surface area contributed by atoms with Crippen LogP contribution in [0.15, 0.2) is 36.5 Å². The van der Waals surface area contributed by atoms with E-state index in [2.05, 4.69) is 16.9 Å². The van der Waals surface area contributed by atoms with Crippen molar-refractivity contribution in [3.8, 4) is 11.4 Å². The Labute approximate surface area is 131 Å². The van der Waals surface area contributed by atoms with Gasteiger partial charge in [-0.2, -0.15) is 0 Å². The lowest BCUT2D eigenvalue weighted by Crippen LogP contribution is -2.18. The molecule has 0 aliphatic carbocycles. The van der Waals surface area contributed by atoms with Crippen molar-refractivity contribution in [2.75, 3.05) is 25.6 Å². The number of carbonyl (C=O) groups is 1. The number of hydrogen-bond donors (Lipinski definition) is 0. The van der Waals surface area contributed by atoms with Crippen LogP contribution in [0, 0.1) is 0 Å². The molecule has 116 valence electrons. The summed E-state index contributed by atoms with van der Waals surface area (Å²) in [7, 11) is 3.69. The summed E-state index contributed by atoms with van der Waals surface area (Å²) in [6.07, 6.45) is 3.38. The number of anilines is 1. The molecule has 0 aliphatic rings. The van der Waals surface area contributed by atoms with E-state index in [1.807, 2.05) is 44.4 Å². The van der Waals surface area contributed by atoms with Crippen molar-refractivity contribution in [1.82, 2.24) is 9.97 Å². The number of hydrogen-bond acceptors (Lipinski definition) is 5. The molecule has 22 heavy (non-hydrogen) atoms. The molecule has 1 heterocycles. The van der Waals surface area contributed by atoms with E-state index in [9.17, 15) is 4.79 Å². The molecule has 0 N–H and O–H groups in total. The van der Waals surface area contributed by atoms with Gasteiger partial charge in [-0.3, -0.25) is 0 Å². The van der Waals surface area contributed by atoms with Crippen LogP contribution in [0.5, 0.6) is 0 Å². The summed E-state index contributed by atoms with van der Waals surface area (Å²) >= 11 is 0. The fraction of sp³-hybridized carbons (Fsp3) is 0.353. The van der Waals surface area contributed by atoms with Gasteiger partial charge in [-0.25, -0.2) is 14.8 Å². The zero-order chi connectivity index (χ0) is 15.9. The molecule has 0 spiro atoms. The second kappa shape index (κ2) is 7.54. The molecule has 0 radical (unpaired) electrons. The Kier molecular flexibility index (Phi) is 5.47. The highest BCUT2D eigenvalue weighted by atomic mass is 16.5. The van der Waals surface area contributed by atoms with Crippen molar-refractivity contribution >= 4 is 11.8 Å². The third kappa shape index (κ3) is 3.81. The van der Waals surface area contributed by atoms with E-state index in [-0.39, 0.29) is 5.97 Å². The third-order valence-electron chi connectivity index (χ3n) is 3.18.